The van der Waals surface area contributed by atoms with Crippen LogP contribution in [0.1, 0.15) is 32.3 Å². The van der Waals surface area contributed by atoms with E-state index in [1.165, 1.54) is 7.11 Å². The Morgan fingerprint density at radius 2 is 2.17 bits per heavy atom. The van der Waals surface area contributed by atoms with E-state index in [2.05, 4.69) is 5.32 Å². The Hall–Kier alpha value is -2.24. The number of phenolic OH excluding ortho intramolecular Hbond substituents is 1. The van der Waals surface area contributed by atoms with Crippen molar-refractivity contribution >= 4 is 11.8 Å². The molecule has 1 fully saturated rings. The van der Waals surface area contributed by atoms with Crippen LogP contribution in [0.15, 0.2) is 18.2 Å². The fourth-order valence-electron chi connectivity index (χ4n) is 2.92. The summed E-state index contributed by atoms with van der Waals surface area (Å²) in [6.07, 6.45) is 1.65. The molecule has 1 saturated heterocycles. The summed E-state index contributed by atoms with van der Waals surface area (Å²) in [7, 11) is 1.49. The van der Waals surface area contributed by atoms with Crippen molar-refractivity contribution in [3.63, 3.8) is 0 Å². The molecule has 6 heteroatoms. The first-order chi connectivity index (χ1) is 11.4. The van der Waals surface area contributed by atoms with E-state index in [0.717, 1.165) is 24.9 Å². The number of nitrogens with one attached hydrogen (secondary N) is 1. The molecule has 1 aliphatic rings. The van der Waals surface area contributed by atoms with Crippen molar-refractivity contribution in [2.24, 2.45) is 11.8 Å². The third-order valence-corrected chi connectivity index (χ3v) is 4.31. The van der Waals surface area contributed by atoms with Crippen LogP contribution in [0.25, 0.3) is 0 Å². The molecule has 0 aromatic heterocycles. The maximum absolute atomic E-state index is 12.4. The number of methoxy groups -OCH3 is 1. The highest BCUT2D eigenvalue weighted by atomic mass is 16.5. The van der Waals surface area contributed by atoms with Gasteiger partial charge in [-0.25, -0.2) is 0 Å². The summed E-state index contributed by atoms with van der Waals surface area (Å²) in [6.45, 7) is 5.34. The van der Waals surface area contributed by atoms with E-state index in [4.69, 9.17) is 4.74 Å². The number of aromatic hydroxyl groups is 1. The van der Waals surface area contributed by atoms with Crippen molar-refractivity contribution < 1.29 is 19.4 Å². The number of amides is 2. The molecule has 1 unspecified atom stereocenters. The van der Waals surface area contributed by atoms with Crippen LogP contribution in [0, 0.1) is 11.8 Å². The Balaban J connectivity index is 1.91. The molecule has 1 aromatic rings. The zero-order valence-corrected chi connectivity index (χ0v) is 14.5. The number of carbonyl (C=O) groups excluding carboxylic acids is 2. The second-order valence-corrected chi connectivity index (χ2v) is 6.50. The molecule has 2 amide bonds. The molecule has 2 rings (SSSR count). The van der Waals surface area contributed by atoms with Gasteiger partial charge in [0.2, 0.25) is 11.8 Å². The van der Waals surface area contributed by atoms with Gasteiger partial charge in [0.25, 0.3) is 0 Å². The molecule has 0 bridgehead atoms. The summed E-state index contributed by atoms with van der Waals surface area (Å²) < 4.78 is 5.06. The minimum atomic E-state index is -0.166. The number of nitrogens with zero attached hydrogens (tertiary/aromatic N) is 1. The third-order valence-electron chi connectivity index (χ3n) is 4.31. The van der Waals surface area contributed by atoms with Gasteiger partial charge in [0.15, 0.2) is 11.5 Å². The number of piperidine rings is 1. The Labute approximate surface area is 142 Å². The molecular weight excluding hydrogens is 308 g/mol. The van der Waals surface area contributed by atoms with Gasteiger partial charge in [-0.1, -0.05) is 19.9 Å². The summed E-state index contributed by atoms with van der Waals surface area (Å²) in [5.74, 6) is 0.312. The lowest BCUT2D eigenvalue weighted by Crippen LogP contribution is -2.46. The first-order valence-corrected chi connectivity index (χ1v) is 8.34. The third kappa shape index (κ3) is 4.40. The number of benzene rings is 1. The molecule has 6 nitrogen and oxygen atoms in total. The van der Waals surface area contributed by atoms with Gasteiger partial charge < -0.3 is 20.1 Å². The average molecular weight is 334 g/mol. The Morgan fingerprint density at radius 3 is 2.83 bits per heavy atom. The second kappa shape index (κ2) is 8.04. The normalized spacial score (nSPS) is 17.7. The van der Waals surface area contributed by atoms with E-state index < -0.39 is 0 Å². The van der Waals surface area contributed by atoms with Gasteiger partial charge in [0.05, 0.1) is 13.0 Å². The fourth-order valence-corrected chi connectivity index (χ4v) is 2.92. The lowest BCUT2D eigenvalue weighted by atomic mass is 9.96. The van der Waals surface area contributed by atoms with Gasteiger partial charge in [0, 0.05) is 25.6 Å². The number of hydrogen-bond donors (Lipinski definition) is 2. The van der Waals surface area contributed by atoms with Crippen LogP contribution in [-0.4, -0.2) is 42.0 Å². The second-order valence-electron chi connectivity index (χ2n) is 6.50. The largest absolute Gasteiger partial charge is 0.504 e. The van der Waals surface area contributed by atoms with Crippen molar-refractivity contribution in [3.05, 3.63) is 23.8 Å². The molecule has 24 heavy (non-hydrogen) atoms. The maximum atomic E-state index is 12.4. The monoisotopic (exact) mass is 334 g/mol. The molecule has 1 heterocycles. The summed E-state index contributed by atoms with van der Waals surface area (Å²) in [5, 5.41) is 12.5. The molecule has 0 radical (unpaired) electrons. The van der Waals surface area contributed by atoms with Crippen LogP contribution < -0.4 is 10.1 Å². The zero-order valence-electron chi connectivity index (χ0n) is 14.5. The first-order valence-electron chi connectivity index (χ1n) is 8.34. The van der Waals surface area contributed by atoms with Crippen LogP contribution in [0.5, 0.6) is 11.5 Å². The molecular formula is C18H26N2O4. The smallest absolute Gasteiger partial charge is 0.225 e. The SMILES string of the molecule is COc1cc(CNC(=O)C2CCCN(C(=O)C(C)C)C2)ccc1O. The molecule has 1 atom stereocenters. The zero-order chi connectivity index (χ0) is 17.7. The minimum Gasteiger partial charge on any atom is -0.504 e. The van der Waals surface area contributed by atoms with Crippen molar-refractivity contribution in [2.45, 2.75) is 33.2 Å². The first kappa shape index (κ1) is 18.1. The number of hydrogen-bond acceptors (Lipinski definition) is 4. The van der Waals surface area contributed by atoms with Crippen LogP contribution in [0.4, 0.5) is 0 Å². The average Bonchev–Trinajstić information content (AvgIpc) is 2.60. The lowest BCUT2D eigenvalue weighted by molar-refractivity contribution is -0.138. The maximum Gasteiger partial charge on any atom is 0.225 e. The Bertz CT molecular complexity index is 601. The number of ether oxygens (including phenoxy) is 1. The van der Waals surface area contributed by atoms with E-state index in [0.29, 0.717) is 18.8 Å². The van der Waals surface area contributed by atoms with Crippen LogP contribution >= 0.6 is 0 Å². The van der Waals surface area contributed by atoms with Gasteiger partial charge in [-0.05, 0) is 30.5 Å². The Morgan fingerprint density at radius 1 is 1.42 bits per heavy atom. The molecule has 0 aliphatic carbocycles. The van der Waals surface area contributed by atoms with Crippen LogP contribution in [0.2, 0.25) is 0 Å². The summed E-state index contributed by atoms with van der Waals surface area (Å²) in [6, 6.07) is 4.99. The van der Waals surface area contributed by atoms with Crippen molar-refractivity contribution in [1.82, 2.24) is 10.2 Å². The molecule has 0 spiro atoms. The van der Waals surface area contributed by atoms with E-state index in [9.17, 15) is 14.7 Å². The summed E-state index contributed by atoms with van der Waals surface area (Å²) in [5.41, 5.74) is 0.851. The predicted molar refractivity (Wildman–Crippen MR) is 90.6 cm³/mol. The van der Waals surface area contributed by atoms with E-state index >= 15 is 0 Å². The summed E-state index contributed by atoms with van der Waals surface area (Å²) in [4.78, 5) is 26.3. The van der Waals surface area contributed by atoms with Crippen LogP contribution in [0.3, 0.4) is 0 Å². The lowest BCUT2D eigenvalue weighted by Gasteiger charge is -2.33. The molecule has 0 saturated carbocycles. The number of phenols is 1. The highest BCUT2D eigenvalue weighted by Gasteiger charge is 2.29. The van der Waals surface area contributed by atoms with Gasteiger partial charge in [-0.15, -0.1) is 0 Å². The van der Waals surface area contributed by atoms with Crippen molar-refractivity contribution in [2.75, 3.05) is 20.2 Å². The Kier molecular flexibility index (Phi) is 6.06. The van der Waals surface area contributed by atoms with E-state index in [1.54, 1.807) is 23.1 Å². The van der Waals surface area contributed by atoms with Gasteiger partial charge in [-0.2, -0.15) is 0 Å². The van der Waals surface area contributed by atoms with Crippen molar-refractivity contribution in [3.8, 4) is 11.5 Å². The van der Waals surface area contributed by atoms with E-state index in [1.807, 2.05) is 13.8 Å². The van der Waals surface area contributed by atoms with Gasteiger partial charge in [-0.3, -0.25) is 9.59 Å². The highest BCUT2D eigenvalue weighted by molar-refractivity contribution is 5.82. The number of rotatable bonds is 5. The minimum absolute atomic E-state index is 0.0386. The topological polar surface area (TPSA) is 78.9 Å². The summed E-state index contributed by atoms with van der Waals surface area (Å²) >= 11 is 0. The quantitative estimate of drug-likeness (QED) is 0.862. The van der Waals surface area contributed by atoms with Gasteiger partial charge >= 0.3 is 0 Å². The highest BCUT2D eigenvalue weighted by Crippen LogP contribution is 2.26. The number of likely N-dealkylation sites (tertiary alicyclic amines) is 1. The molecule has 132 valence electrons. The van der Waals surface area contributed by atoms with Crippen molar-refractivity contribution in [1.29, 1.82) is 0 Å². The van der Waals surface area contributed by atoms with E-state index in [-0.39, 0.29) is 29.4 Å². The van der Waals surface area contributed by atoms with Crippen LogP contribution in [-0.2, 0) is 16.1 Å². The standard InChI is InChI=1S/C18H26N2O4/c1-12(2)18(23)20-8-4-5-14(11-20)17(22)19-10-13-6-7-15(21)16(9-13)24-3/h6-7,9,12,14,21H,4-5,8,10-11H2,1-3H3,(H,19,22). The molecule has 1 aromatic carbocycles. The number of carbonyl (C=O) groups is 2. The van der Waals surface area contributed by atoms with Gasteiger partial charge in [0.1, 0.15) is 0 Å². The molecule has 2 N–H and O–H groups in total. The molecule has 1 aliphatic heterocycles. The fraction of sp³-hybridized carbons (Fsp3) is 0.556. The predicted octanol–water partition coefficient (Wildman–Crippen LogP) is 1.91.